The van der Waals surface area contributed by atoms with E-state index in [9.17, 15) is 4.79 Å². The summed E-state index contributed by atoms with van der Waals surface area (Å²) in [5.74, 6) is 0.188. The molecule has 0 aromatic rings. The number of carbonyl (C=O) groups is 1. The zero-order valence-electron chi connectivity index (χ0n) is 6.76. The van der Waals surface area contributed by atoms with Gasteiger partial charge in [0.1, 0.15) is 5.75 Å². The molecule has 0 bridgehead atoms. The second kappa shape index (κ2) is 4.61. The van der Waals surface area contributed by atoms with Crippen molar-refractivity contribution in [2.45, 2.75) is 13.3 Å². The van der Waals surface area contributed by atoms with E-state index in [1.165, 1.54) is 0 Å². The lowest BCUT2D eigenvalue weighted by molar-refractivity contribution is -0.141. The van der Waals surface area contributed by atoms with E-state index >= 15 is 0 Å². The van der Waals surface area contributed by atoms with E-state index in [2.05, 4.69) is 12.5 Å². The molecule has 1 atom stereocenters. The van der Waals surface area contributed by atoms with Crippen LogP contribution < -0.4 is 0 Å². The molecule has 0 aromatic carbocycles. The highest BCUT2D eigenvalue weighted by atomic mass is 32.2. The fourth-order valence-corrected chi connectivity index (χ4v) is 1.36. The second-order valence-electron chi connectivity index (χ2n) is 2.72. The maximum absolute atomic E-state index is 10.3. The van der Waals surface area contributed by atoms with E-state index in [1.54, 1.807) is 6.92 Å². The van der Waals surface area contributed by atoms with Gasteiger partial charge >= 0.3 is 5.97 Å². The molecule has 0 saturated carbocycles. The standard InChI is InChI=1S/C7H14O2S/c1-6(7(8)9)4-5-10(2)3/h6H,4-5H2,1-3H3/p+1. The Labute approximate surface area is 65.0 Å². The van der Waals surface area contributed by atoms with Gasteiger partial charge in [-0.2, -0.15) is 0 Å². The zero-order chi connectivity index (χ0) is 8.15. The van der Waals surface area contributed by atoms with E-state index in [1.807, 2.05) is 0 Å². The van der Waals surface area contributed by atoms with Crippen molar-refractivity contribution in [1.29, 1.82) is 0 Å². The predicted molar refractivity (Wildman–Crippen MR) is 45.5 cm³/mol. The van der Waals surface area contributed by atoms with Crippen molar-refractivity contribution >= 4 is 16.9 Å². The fourth-order valence-electron chi connectivity index (χ4n) is 0.536. The maximum atomic E-state index is 10.3. The Morgan fingerprint density at radius 2 is 2.10 bits per heavy atom. The van der Waals surface area contributed by atoms with Crippen LogP contribution in [0.25, 0.3) is 0 Å². The summed E-state index contributed by atoms with van der Waals surface area (Å²) < 4.78 is 0. The second-order valence-corrected chi connectivity index (χ2v) is 5.10. The minimum absolute atomic E-state index is 0.171. The van der Waals surface area contributed by atoms with Crippen molar-refractivity contribution < 1.29 is 9.90 Å². The maximum Gasteiger partial charge on any atom is 0.306 e. The highest BCUT2D eigenvalue weighted by Crippen LogP contribution is 2.03. The Morgan fingerprint density at radius 3 is 2.40 bits per heavy atom. The number of carboxylic acid groups (broad SMARTS) is 1. The Hall–Kier alpha value is -0.180. The summed E-state index contributed by atoms with van der Waals surface area (Å²) in [6.45, 7) is 1.76. The lowest BCUT2D eigenvalue weighted by Crippen LogP contribution is -2.14. The highest BCUT2D eigenvalue weighted by molar-refractivity contribution is 7.95. The third kappa shape index (κ3) is 4.68. The van der Waals surface area contributed by atoms with Crippen LogP contribution in [0.5, 0.6) is 0 Å². The first-order valence-electron chi connectivity index (χ1n) is 3.31. The van der Waals surface area contributed by atoms with Crippen molar-refractivity contribution in [3.05, 3.63) is 0 Å². The molecule has 0 radical (unpaired) electrons. The van der Waals surface area contributed by atoms with Crippen molar-refractivity contribution in [3.8, 4) is 0 Å². The van der Waals surface area contributed by atoms with Gasteiger partial charge in [0.25, 0.3) is 0 Å². The molecule has 1 unspecified atom stereocenters. The molecule has 3 heteroatoms. The molecule has 1 N–H and O–H groups in total. The Kier molecular flexibility index (Phi) is 4.52. The average molecular weight is 163 g/mol. The molecule has 2 nitrogen and oxygen atoms in total. The minimum atomic E-state index is -0.676. The third-order valence-corrected chi connectivity index (χ3v) is 2.43. The van der Waals surface area contributed by atoms with Gasteiger partial charge in [0.2, 0.25) is 0 Å². The highest BCUT2D eigenvalue weighted by Gasteiger charge is 2.13. The van der Waals surface area contributed by atoms with Crippen molar-refractivity contribution in [3.63, 3.8) is 0 Å². The van der Waals surface area contributed by atoms with Crippen molar-refractivity contribution in [1.82, 2.24) is 0 Å². The van der Waals surface area contributed by atoms with Crippen LogP contribution in [0, 0.1) is 5.92 Å². The third-order valence-electron chi connectivity index (χ3n) is 1.38. The van der Waals surface area contributed by atoms with Crippen LogP contribution in [0.15, 0.2) is 0 Å². The lowest BCUT2D eigenvalue weighted by atomic mass is 10.1. The SMILES string of the molecule is CC(CC[S+](C)C)C(=O)O. The van der Waals surface area contributed by atoms with E-state index in [0.717, 1.165) is 12.2 Å². The van der Waals surface area contributed by atoms with Gasteiger partial charge in [-0.1, -0.05) is 6.92 Å². The predicted octanol–water partition coefficient (Wildman–Crippen LogP) is 0.975. The summed E-state index contributed by atoms with van der Waals surface area (Å²) in [5.41, 5.74) is 0. The van der Waals surface area contributed by atoms with E-state index in [-0.39, 0.29) is 5.92 Å². The summed E-state index contributed by atoms with van der Waals surface area (Å²) in [6, 6.07) is 0. The summed E-state index contributed by atoms with van der Waals surface area (Å²) in [4.78, 5) is 10.3. The number of hydrogen-bond acceptors (Lipinski definition) is 1. The van der Waals surface area contributed by atoms with Crippen LogP contribution in [0.4, 0.5) is 0 Å². The summed E-state index contributed by atoms with van der Waals surface area (Å²) >= 11 is 0. The van der Waals surface area contributed by atoms with Gasteiger partial charge in [-0.05, 0) is 10.9 Å². The van der Waals surface area contributed by atoms with Gasteiger partial charge in [-0.25, -0.2) is 0 Å². The number of aliphatic carboxylic acids is 1. The summed E-state index contributed by atoms with van der Waals surface area (Å²) in [5, 5.41) is 8.50. The molecule has 60 valence electrons. The van der Waals surface area contributed by atoms with Gasteiger partial charge < -0.3 is 5.11 Å². The molecule has 0 aliphatic rings. The van der Waals surface area contributed by atoms with Gasteiger partial charge in [0.15, 0.2) is 0 Å². The molecule has 0 aliphatic heterocycles. The molecule has 0 rings (SSSR count). The van der Waals surface area contributed by atoms with Crippen LogP contribution in [-0.2, 0) is 15.7 Å². The van der Waals surface area contributed by atoms with Gasteiger partial charge in [-0.3, -0.25) is 4.79 Å². The van der Waals surface area contributed by atoms with Crippen LogP contribution in [0.1, 0.15) is 13.3 Å². The molecule has 0 fully saturated rings. The van der Waals surface area contributed by atoms with E-state index in [0.29, 0.717) is 10.9 Å². The lowest BCUT2D eigenvalue weighted by Gasteiger charge is -2.02. The first-order chi connectivity index (χ1) is 4.54. The van der Waals surface area contributed by atoms with E-state index < -0.39 is 5.97 Å². The van der Waals surface area contributed by atoms with Crippen molar-refractivity contribution in [2.75, 3.05) is 18.3 Å². The zero-order valence-corrected chi connectivity index (χ0v) is 7.57. The summed E-state index contributed by atoms with van der Waals surface area (Å²) in [6.07, 6.45) is 5.08. The van der Waals surface area contributed by atoms with Crippen LogP contribution in [0.2, 0.25) is 0 Å². The molecule has 0 saturated heterocycles. The number of carboxylic acids is 1. The number of rotatable bonds is 4. The Bertz CT molecular complexity index is 112. The molecule has 0 aliphatic carbocycles. The van der Waals surface area contributed by atoms with Crippen molar-refractivity contribution in [2.24, 2.45) is 5.92 Å². The van der Waals surface area contributed by atoms with Crippen LogP contribution in [0.3, 0.4) is 0 Å². The molecular formula is C7H15O2S+. The fraction of sp³-hybridized carbons (Fsp3) is 0.857. The van der Waals surface area contributed by atoms with Crippen LogP contribution in [-0.4, -0.2) is 29.3 Å². The monoisotopic (exact) mass is 163 g/mol. The van der Waals surface area contributed by atoms with Gasteiger partial charge in [0, 0.05) is 6.42 Å². The normalized spacial score (nSPS) is 13.6. The van der Waals surface area contributed by atoms with Gasteiger partial charge in [-0.15, -0.1) is 0 Å². The largest absolute Gasteiger partial charge is 0.481 e. The summed E-state index contributed by atoms with van der Waals surface area (Å²) in [7, 11) is 0.384. The molecule has 0 heterocycles. The number of hydrogen-bond donors (Lipinski definition) is 1. The molecule has 0 spiro atoms. The Balaban J connectivity index is 3.40. The topological polar surface area (TPSA) is 37.3 Å². The quantitative estimate of drug-likeness (QED) is 0.627. The molecule has 0 aromatic heterocycles. The average Bonchev–Trinajstić information content (AvgIpc) is 1.82. The molecule has 0 amide bonds. The smallest absolute Gasteiger partial charge is 0.306 e. The first-order valence-corrected chi connectivity index (χ1v) is 5.52. The van der Waals surface area contributed by atoms with Crippen LogP contribution >= 0.6 is 0 Å². The Morgan fingerprint density at radius 1 is 1.60 bits per heavy atom. The molecular weight excluding hydrogens is 148 g/mol. The minimum Gasteiger partial charge on any atom is -0.481 e. The molecule has 10 heavy (non-hydrogen) atoms. The first kappa shape index (κ1) is 9.82. The van der Waals surface area contributed by atoms with Gasteiger partial charge in [0.05, 0.1) is 18.4 Å². The van der Waals surface area contributed by atoms with E-state index in [4.69, 9.17) is 5.11 Å².